The Kier molecular flexibility index (Phi) is 14.5. The van der Waals surface area contributed by atoms with Gasteiger partial charge in [0.25, 0.3) is 5.91 Å². The van der Waals surface area contributed by atoms with Crippen LogP contribution in [-0.4, -0.2) is 55.2 Å². The van der Waals surface area contributed by atoms with Crippen LogP contribution in [0, 0.1) is 5.82 Å². The van der Waals surface area contributed by atoms with Crippen molar-refractivity contribution in [2.45, 2.75) is 58.8 Å². The van der Waals surface area contributed by atoms with Gasteiger partial charge in [0, 0.05) is 38.1 Å². The number of carbonyl (C=O) groups excluding carboxylic acids is 2. The number of ether oxygens (including phenoxy) is 1. The average Bonchev–Trinajstić information content (AvgIpc) is 3.11. The highest BCUT2D eigenvalue weighted by Crippen LogP contribution is 2.37. The van der Waals surface area contributed by atoms with Crippen LogP contribution in [0.15, 0.2) is 72.6 Å². The molecule has 3 aromatic carbocycles. The Morgan fingerprint density at radius 1 is 1.11 bits per heavy atom. The summed E-state index contributed by atoms with van der Waals surface area (Å²) in [6.45, 7) is 8.47. The molecule has 0 bridgehead atoms. The molecule has 47 heavy (non-hydrogen) atoms. The van der Waals surface area contributed by atoms with Gasteiger partial charge in [-0.1, -0.05) is 55.8 Å². The van der Waals surface area contributed by atoms with Gasteiger partial charge in [0.2, 0.25) is 6.41 Å². The van der Waals surface area contributed by atoms with Crippen LogP contribution >= 0.6 is 11.6 Å². The van der Waals surface area contributed by atoms with Crippen LogP contribution in [0.4, 0.5) is 21.5 Å². The van der Waals surface area contributed by atoms with E-state index in [1.54, 1.807) is 42.3 Å². The highest BCUT2D eigenvalue weighted by Gasteiger charge is 2.32. The van der Waals surface area contributed by atoms with Crippen molar-refractivity contribution in [2.24, 2.45) is 11.6 Å². The number of methoxy groups -OCH3 is 1. The first-order chi connectivity index (χ1) is 22.7. The summed E-state index contributed by atoms with van der Waals surface area (Å²) in [6, 6.07) is 17.6. The Labute approximate surface area is 281 Å². The van der Waals surface area contributed by atoms with Crippen molar-refractivity contribution in [2.75, 3.05) is 42.0 Å². The second kappa shape index (κ2) is 18.2. The van der Waals surface area contributed by atoms with Crippen molar-refractivity contribution in [1.82, 2.24) is 4.90 Å². The van der Waals surface area contributed by atoms with Gasteiger partial charge in [-0.15, -0.1) is 0 Å². The number of fused-ring (bicyclic) bond motifs is 1. The van der Waals surface area contributed by atoms with Crippen LogP contribution in [0.2, 0.25) is 5.02 Å². The van der Waals surface area contributed by atoms with Gasteiger partial charge in [0.15, 0.2) is 5.82 Å². The van der Waals surface area contributed by atoms with Crippen molar-refractivity contribution in [3.63, 3.8) is 0 Å². The Morgan fingerprint density at radius 2 is 1.77 bits per heavy atom. The lowest BCUT2D eigenvalue weighted by atomic mass is 9.90. The van der Waals surface area contributed by atoms with E-state index in [1.807, 2.05) is 26.8 Å². The van der Waals surface area contributed by atoms with Crippen molar-refractivity contribution < 1.29 is 23.8 Å². The number of anilines is 3. The topological polar surface area (TPSA) is 137 Å². The van der Waals surface area contributed by atoms with Crippen molar-refractivity contribution in [1.29, 1.82) is 0 Å². The minimum absolute atomic E-state index is 0.0291. The molecule has 3 aromatic rings. The first kappa shape index (κ1) is 37.3. The highest BCUT2D eigenvalue weighted by molar-refractivity contribution is 6.31. The number of hydrogen-bond donors (Lipinski definition) is 4. The monoisotopic (exact) mass is 668 g/mol. The number of rotatable bonds is 8. The fourth-order valence-electron chi connectivity index (χ4n) is 5.66. The number of aliphatic hydroxyl groups is 1. The van der Waals surface area contributed by atoms with Crippen LogP contribution in [0.3, 0.4) is 0 Å². The summed E-state index contributed by atoms with van der Waals surface area (Å²) in [7, 11) is 1.77. The van der Waals surface area contributed by atoms with Gasteiger partial charge in [0.1, 0.15) is 5.70 Å². The maximum atomic E-state index is 14.3. The Morgan fingerprint density at radius 3 is 2.38 bits per heavy atom. The molecule has 2 heterocycles. The number of hydrazine groups is 1. The fourth-order valence-corrected chi connectivity index (χ4v) is 5.83. The molecule has 1 fully saturated rings. The average molecular weight is 669 g/mol. The van der Waals surface area contributed by atoms with E-state index < -0.39 is 5.82 Å². The third-order valence-corrected chi connectivity index (χ3v) is 8.47. The van der Waals surface area contributed by atoms with Gasteiger partial charge in [0.05, 0.1) is 35.7 Å². The molecule has 254 valence electrons. The van der Waals surface area contributed by atoms with Gasteiger partial charge in [-0.25, -0.2) is 10.2 Å². The molecular weight excluding hydrogens is 623 g/mol. The van der Waals surface area contributed by atoms with Crippen molar-refractivity contribution in [3.05, 3.63) is 100 Å². The van der Waals surface area contributed by atoms with Crippen LogP contribution in [0.5, 0.6) is 0 Å². The van der Waals surface area contributed by atoms with Crippen molar-refractivity contribution in [3.8, 4) is 0 Å². The standard InChI is InChI=1S/C25H31ClFN5O2.C8H9NO2.C2H6/c1-16-18-5-3-7-22(30-12-9-17(34-2)10-13-30)19(18)11-14-31(16)25(33)21(28)15-32(29)23-8-4-6-20(26)24(23)27;10-5-7-1-3-8(4-2-7)9-6-11;1-2/h3-8,15-17H,9-14,28-29H2,1-2H3;1-4,6,10H,5H2,(H,9,11);1-2H3/b21-15-;;. The number of hydrogen-bond acceptors (Lipinski definition) is 8. The number of nitrogens with one attached hydrogen (secondary N) is 1. The van der Waals surface area contributed by atoms with Gasteiger partial charge < -0.3 is 30.7 Å². The van der Waals surface area contributed by atoms with E-state index in [0.717, 1.165) is 54.2 Å². The molecule has 0 aromatic heterocycles. The number of halogens is 2. The number of nitrogens with two attached hydrogens (primary N) is 2. The highest BCUT2D eigenvalue weighted by atomic mass is 35.5. The van der Waals surface area contributed by atoms with Gasteiger partial charge >= 0.3 is 0 Å². The fraction of sp³-hybridized carbons (Fsp3) is 0.371. The molecule has 2 amide bonds. The van der Waals surface area contributed by atoms with Crippen LogP contribution < -0.4 is 26.8 Å². The number of nitrogens with zero attached hydrogens (tertiary/aromatic N) is 3. The van der Waals surface area contributed by atoms with Crippen molar-refractivity contribution >= 4 is 41.0 Å². The predicted molar refractivity (Wildman–Crippen MR) is 186 cm³/mol. The van der Waals surface area contributed by atoms with E-state index in [4.69, 9.17) is 33.0 Å². The zero-order chi connectivity index (χ0) is 34.5. The normalized spacial score (nSPS) is 16.2. The quantitative estimate of drug-likeness (QED) is 0.107. The Balaban J connectivity index is 0.000000389. The summed E-state index contributed by atoms with van der Waals surface area (Å²) in [6.07, 6.45) is 4.91. The summed E-state index contributed by atoms with van der Waals surface area (Å²) >= 11 is 5.84. The van der Waals surface area contributed by atoms with Crippen LogP contribution in [-0.2, 0) is 27.4 Å². The summed E-state index contributed by atoms with van der Waals surface area (Å²) in [4.78, 5) is 27.3. The lowest BCUT2D eigenvalue weighted by Crippen LogP contribution is -2.43. The van der Waals surface area contributed by atoms with Crippen LogP contribution in [0.1, 0.15) is 56.3 Å². The zero-order valence-corrected chi connectivity index (χ0v) is 28.2. The van der Waals surface area contributed by atoms with Gasteiger partial charge in [-0.05, 0) is 73.2 Å². The zero-order valence-electron chi connectivity index (χ0n) is 27.5. The lowest BCUT2D eigenvalue weighted by Gasteiger charge is -2.39. The first-order valence-electron chi connectivity index (χ1n) is 15.7. The largest absolute Gasteiger partial charge is 0.393 e. The molecule has 1 saturated heterocycles. The third kappa shape index (κ3) is 9.45. The predicted octanol–water partition coefficient (Wildman–Crippen LogP) is 5.49. The molecule has 10 nitrogen and oxygen atoms in total. The van der Waals surface area contributed by atoms with E-state index in [2.05, 4.69) is 22.3 Å². The molecule has 12 heteroatoms. The smallest absolute Gasteiger partial charge is 0.271 e. The van der Waals surface area contributed by atoms with Gasteiger partial charge in [-0.2, -0.15) is 0 Å². The second-order valence-electron chi connectivity index (χ2n) is 10.9. The molecule has 0 radical (unpaired) electrons. The summed E-state index contributed by atoms with van der Waals surface area (Å²) < 4.78 is 19.8. The molecule has 0 spiro atoms. The summed E-state index contributed by atoms with van der Waals surface area (Å²) in [5.41, 5.74) is 11.3. The maximum absolute atomic E-state index is 14.3. The third-order valence-electron chi connectivity index (χ3n) is 8.18. The van der Waals surface area contributed by atoms with Crippen LogP contribution in [0.25, 0.3) is 0 Å². The number of amides is 2. The molecule has 1 unspecified atom stereocenters. The van der Waals surface area contributed by atoms with Gasteiger partial charge in [-0.3, -0.25) is 14.6 Å². The molecule has 6 N–H and O–H groups in total. The lowest BCUT2D eigenvalue weighted by molar-refractivity contribution is -0.129. The molecule has 0 aliphatic carbocycles. The number of carbonyl (C=O) groups is 2. The minimum Gasteiger partial charge on any atom is -0.393 e. The molecular formula is C35H46ClFN6O4. The SMILES string of the molecule is CC.COC1CCN(c2cccc3c2CCN(C(=O)/C(N)=C/N(N)c2cccc(Cl)c2F)C3C)CC1.O=CNc1ccc(CO)cc1. The molecule has 0 saturated carbocycles. The molecule has 1 atom stereocenters. The Bertz CT molecular complexity index is 1500. The molecule has 2 aliphatic heterocycles. The minimum atomic E-state index is -0.675. The summed E-state index contributed by atoms with van der Waals surface area (Å²) in [5.74, 6) is 4.94. The van der Waals surface area contributed by atoms with E-state index >= 15 is 0 Å². The van der Waals surface area contributed by atoms with E-state index in [1.165, 1.54) is 29.6 Å². The van der Waals surface area contributed by atoms with E-state index in [-0.39, 0.29) is 35.0 Å². The first-order valence-corrected chi connectivity index (χ1v) is 16.1. The number of aliphatic hydroxyl groups excluding tert-OH is 1. The molecule has 2 aliphatic rings. The maximum Gasteiger partial charge on any atom is 0.271 e. The molecule has 5 rings (SSSR count). The number of piperidine rings is 1. The summed E-state index contributed by atoms with van der Waals surface area (Å²) in [5, 5.41) is 12.1. The van der Waals surface area contributed by atoms with E-state index in [0.29, 0.717) is 19.1 Å². The second-order valence-corrected chi connectivity index (χ2v) is 11.3. The number of benzene rings is 3. The Hall–Kier alpha value is -4.16. The van der Waals surface area contributed by atoms with E-state index in [9.17, 15) is 14.0 Å².